The number of aliphatic hydroxyl groups is 1. The molecular formula is C81H150O17P2. The summed E-state index contributed by atoms with van der Waals surface area (Å²) in [6.07, 6.45) is 72.6. The molecule has 0 aromatic carbocycles. The third-order valence-electron chi connectivity index (χ3n) is 17.9. The van der Waals surface area contributed by atoms with E-state index in [1.807, 2.05) is 0 Å². The fourth-order valence-electron chi connectivity index (χ4n) is 11.6. The predicted octanol–water partition coefficient (Wildman–Crippen LogP) is 23.7. The minimum Gasteiger partial charge on any atom is -0.462 e. The number of allylic oxidation sites excluding steroid dienone is 8. The summed E-state index contributed by atoms with van der Waals surface area (Å²) in [5.74, 6) is -2.17. The average Bonchev–Trinajstić information content (AvgIpc) is 0.947. The summed E-state index contributed by atoms with van der Waals surface area (Å²) in [5.41, 5.74) is 0. The van der Waals surface area contributed by atoms with E-state index < -0.39 is 97.5 Å². The van der Waals surface area contributed by atoms with Gasteiger partial charge in [0.25, 0.3) is 0 Å². The van der Waals surface area contributed by atoms with Crippen LogP contribution in [0.4, 0.5) is 0 Å². The van der Waals surface area contributed by atoms with Crippen molar-refractivity contribution in [1.82, 2.24) is 0 Å². The Kier molecular flexibility index (Phi) is 72.1. The molecule has 5 atom stereocenters. The van der Waals surface area contributed by atoms with Crippen LogP contribution in [-0.2, 0) is 65.4 Å². The van der Waals surface area contributed by atoms with Gasteiger partial charge < -0.3 is 33.8 Å². The average molecular weight is 1460 g/mol. The summed E-state index contributed by atoms with van der Waals surface area (Å²) in [7, 11) is -9.94. The Morgan fingerprint density at radius 3 is 0.730 bits per heavy atom. The largest absolute Gasteiger partial charge is 0.472 e. The molecule has 0 bridgehead atoms. The van der Waals surface area contributed by atoms with E-state index in [1.165, 1.54) is 180 Å². The first kappa shape index (κ1) is 97.0. The van der Waals surface area contributed by atoms with Gasteiger partial charge in [0.2, 0.25) is 0 Å². The summed E-state index contributed by atoms with van der Waals surface area (Å²) in [6, 6.07) is 0. The number of hydrogen-bond donors (Lipinski definition) is 3. The number of phosphoric acid groups is 2. The number of carbonyl (C=O) groups excluding carboxylic acids is 4. The molecule has 0 saturated carbocycles. The standard InChI is InChI=1S/C81H150O17P2/c1-5-9-13-17-21-25-28-31-34-35-36-37-38-39-40-43-46-49-52-56-60-64-68-81(86)98-77(72-92-79(84)66-62-58-54-50-47-44-41-32-29-26-22-18-14-10-6-2)74-96-100(89,90)94-70-75(82)69-93-99(87,88)95-73-76(71-91-78(83)65-61-57-53-24-20-16-12-8-4)97-80(85)67-63-59-55-51-48-45-42-33-30-27-23-19-15-11-7-3/h26-27,29-30,32-33,41-42,75-77,82H,5-25,28,31,34-40,43-74H2,1-4H3,(H,87,88)(H,89,90)/b29-26-,30-27-,41-32-,42-33-/t75-,76+,77+/m0/s1. The molecule has 0 heterocycles. The molecule has 3 N–H and O–H groups in total. The predicted molar refractivity (Wildman–Crippen MR) is 409 cm³/mol. The topological polar surface area (TPSA) is 237 Å². The van der Waals surface area contributed by atoms with Crippen molar-refractivity contribution in [3.05, 3.63) is 48.6 Å². The third kappa shape index (κ3) is 73.3. The van der Waals surface area contributed by atoms with Crippen LogP contribution in [0.1, 0.15) is 387 Å². The number of ether oxygens (including phenoxy) is 4. The second kappa shape index (κ2) is 74.3. The van der Waals surface area contributed by atoms with E-state index in [9.17, 15) is 43.2 Å². The Morgan fingerprint density at radius 2 is 0.480 bits per heavy atom. The highest BCUT2D eigenvalue weighted by Gasteiger charge is 2.30. The van der Waals surface area contributed by atoms with Gasteiger partial charge >= 0.3 is 39.5 Å². The number of unbranched alkanes of at least 4 members (excludes halogenated alkanes) is 46. The monoisotopic (exact) mass is 1460 g/mol. The minimum absolute atomic E-state index is 0.0830. The smallest absolute Gasteiger partial charge is 0.462 e. The van der Waals surface area contributed by atoms with E-state index >= 15 is 0 Å². The van der Waals surface area contributed by atoms with E-state index in [1.54, 1.807) is 0 Å². The maximum absolute atomic E-state index is 13.1. The van der Waals surface area contributed by atoms with Gasteiger partial charge in [-0.25, -0.2) is 9.13 Å². The molecule has 0 aromatic heterocycles. The number of hydrogen-bond acceptors (Lipinski definition) is 15. The van der Waals surface area contributed by atoms with E-state index in [0.717, 1.165) is 128 Å². The molecule has 0 amide bonds. The lowest BCUT2D eigenvalue weighted by atomic mass is 10.0. The highest BCUT2D eigenvalue weighted by atomic mass is 31.2. The number of aliphatic hydroxyl groups excluding tert-OH is 1. The first-order valence-corrected chi connectivity index (χ1v) is 43.9. The molecule has 586 valence electrons. The van der Waals surface area contributed by atoms with Crippen LogP contribution in [0.3, 0.4) is 0 Å². The highest BCUT2D eigenvalue weighted by molar-refractivity contribution is 7.47. The van der Waals surface area contributed by atoms with Crippen molar-refractivity contribution in [2.45, 2.75) is 406 Å². The fraction of sp³-hybridized carbons (Fsp3) is 0.852. The van der Waals surface area contributed by atoms with Crippen LogP contribution in [-0.4, -0.2) is 96.7 Å². The number of esters is 4. The van der Waals surface area contributed by atoms with Crippen LogP contribution >= 0.6 is 15.6 Å². The summed E-state index contributed by atoms with van der Waals surface area (Å²) >= 11 is 0. The van der Waals surface area contributed by atoms with Crippen molar-refractivity contribution in [3.63, 3.8) is 0 Å². The van der Waals surface area contributed by atoms with Gasteiger partial charge in [-0.3, -0.25) is 37.3 Å². The molecule has 0 rings (SSSR count). The quantitative estimate of drug-likeness (QED) is 0.0169. The van der Waals surface area contributed by atoms with Crippen molar-refractivity contribution >= 4 is 39.5 Å². The van der Waals surface area contributed by atoms with Crippen molar-refractivity contribution in [2.24, 2.45) is 0 Å². The normalized spacial score (nSPS) is 14.1. The Labute approximate surface area is 610 Å². The number of phosphoric ester groups is 2. The molecule has 0 radical (unpaired) electrons. The molecule has 0 aromatic rings. The van der Waals surface area contributed by atoms with Gasteiger partial charge in [0, 0.05) is 25.7 Å². The summed E-state index contributed by atoms with van der Waals surface area (Å²) in [5, 5.41) is 10.6. The Morgan fingerprint density at radius 1 is 0.280 bits per heavy atom. The molecule has 0 spiro atoms. The number of carbonyl (C=O) groups is 4. The van der Waals surface area contributed by atoms with E-state index in [0.29, 0.717) is 25.7 Å². The second-order valence-electron chi connectivity index (χ2n) is 27.8. The molecule has 0 aliphatic heterocycles. The van der Waals surface area contributed by atoms with E-state index in [2.05, 4.69) is 76.3 Å². The Balaban J connectivity index is 5.23. The molecule has 2 unspecified atom stereocenters. The number of rotatable bonds is 78. The van der Waals surface area contributed by atoms with Crippen molar-refractivity contribution in [3.8, 4) is 0 Å². The molecule has 100 heavy (non-hydrogen) atoms. The highest BCUT2D eigenvalue weighted by Crippen LogP contribution is 2.45. The lowest BCUT2D eigenvalue weighted by Crippen LogP contribution is -2.30. The summed E-state index contributed by atoms with van der Waals surface area (Å²) in [4.78, 5) is 72.8. The van der Waals surface area contributed by atoms with Gasteiger partial charge in [-0.2, -0.15) is 0 Å². The second-order valence-corrected chi connectivity index (χ2v) is 30.7. The van der Waals surface area contributed by atoms with Crippen molar-refractivity contribution < 1.29 is 80.2 Å². The van der Waals surface area contributed by atoms with Crippen LogP contribution < -0.4 is 0 Å². The van der Waals surface area contributed by atoms with Gasteiger partial charge in [0.1, 0.15) is 19.3 Å². The van der Waals surface area contributed by atoms with E-state index in [-0.39, 0.29) is 25.7 Å². The van der Waals surface area contributed by atoms with Gasteiger partial charge in [0.15, 0.2) is 12.2 Å². The fourth-order valence-corrected chi connectivity index (χ4v) is 13.1. The zero-order chi connectivity index (χ0) is 73.2. The molecule has 17 nitrogen and oxygen atoms in total. The van der Waals surface area contributed by atoms with Crippen LogP contribution in [0.25, 0.3) is 0 Å². The van der Waals surface area contributed by atoms with Crippen LogP contribution in [0.15, 0.2) is 48.6 Å². The first-order valence-electron chi connectivity index (χ1n) is 40.9. The molecule has 0 fully saturated rings. The van der Waals surface area contributed by atoms with Gasteiger partial charge in [-0.05, 0) is 77.0 Å². The summed E-state index contributed by atoms with van der Waals surface area (Å²) in [6.45, 7) is 4.85. The summed E-state index contributed by atoms with van der Waals surface area (Å²) < 4.78 is 68.5. The maximum atomic E-state index is 13.1. The zero-order valence-electron chi connectivity index (χ0n) is 64.1. The van der Waals surface area contributed by atoms with Crippen LogP contribution in [0.2, 0.25) is 0 Å². The van der Waals surface area contributed by atoms with Gasteiger partial charge in [-0.1, -0.05) is 333 Å². The van der Waals surface area contributed by atoms with Gasteiger partial charge in [0.05, 0.1) is 26.4 Å². The zero-order valence-corrected chi connectivity index (χ0v) is 65.9. The first-order chi connectivity index (χ1) is 48.7. The Hall–Kier alpha value is -2.98. The van der Waals surface area contributed by atoms with Crippen LogP contribution in [0, 0.1) is 0 Å². The molecule has 0 saturated heterocycles. The van der Waals surface area contributed by atoms with E-state index in [4.69, 9.17) is 37.0 Å². The maximum Gasteiger partial charge on any atom is 0.472 e. The lowest BCUT2D eigenvalue weighted by molar-refractivity contribution is -0.161. The molecule has 19 heteroatoms. The van der Waals surface area contributed by atoms with Crippen molar-refractivity contribution in [1.29, 1.82) is 0 Å². The molecule has 0 aliphatic carbocycles. The van der Waals surface area contributed by atoms with Gasteiger partial charge in [-0.15, -0.1) is 0 Å². The Bertz CT molecular complexity index is 2080. The third-order valence-corrected chi connectivity index (χ3v) is 19.8. The lowest BCUT2D eigenvalue weighted by Gasteiger charge is -2.21. The molecular weight excluding hydrogens is 1310 g/mol. The SMILES string of the molecule is CCCCCC/C=C\C=C/CCCCCCCC(=O)OC[C@H](COP(=O)(O)OC[C@@H](O)COP(=O)(O)OC[C@@H](COC(=O)CCCCCCCCCC)OC(=O)CCCCCCC/C=C\C=C/CCCCCC)OC(=O)CCCCCCCCCCCCCCCCCCCCCCCC. The molecule has 0 aliphatic rings. The van der Waals surface area contributed by atoms with Crippen molar-refractivity contribution in [2.75, 3.05) is 39.6 Å². The minimum atomic E-state index is -4.97. The van der Waals surface area contributed by atoms with Crippen LogP contribution in [0.5, 0.6) is 0 Å².